The van der Waals surface area contributed by atoms with Gasteiger partial charge in [-0.1, -0.05) is 18.2 Å². The third kappa shape index (κ3) is 2.57. The molecule has 0 aromatic heterocycles. The fourth-order valence-corrected chi connectivity index (χ4v) is 1.77. The number of hydrogen-bond donors (Lipinski definition) is 2. The third-order valence-corrected chi connectivity index (χ3v) is 2.99. The topological polar surface area (TPSA) is 49.3 Å². The number of carbonyl (C=O) groups excluding carboxylic acids is 1. The van der Waals surface area contributed by atoms with Crippen LogP contribution in [-0.2, 0) is 0 Å². The van der Waals surface area contributed by atoms with Gasteiger partial charge in [-0.15, -0.1) is 0 Å². The van der Waals surface area contributed by atoms with E-state index in [0.717, 1.165) is 0 Å². The zero-order valence-electron chi connectivity index (χ0n) is 10.7. The lowest BCUT2D eigenvalue weighted by atomic mass is 10.1. The fourth-order valence-electron chi connectivity index (χ4n) is 1.77. The first kappa shape index (κ1) is 13.1. The van der Waals surface area contributed by atoms with Gasteiger partial charge in [-0.3, -0.25) is 4.79 Å². The molecular weight excluding hydrogens is 245 g/mol. The maximum absolute atomic E-state index is 13.8. The summed E-state index contributed by atoms with van der Waals surface area (Å²) in [5.41, 5.74) is 1.41. The first-order chi connectivity index (χ1) is 9.00. The van der Waals surface area contributed by atoms with Gasteiger partial charge < -0.3 is 10.4 Å². The molecule has 2 rings (SSSR count). The SMILES string of the molecule is Cc1cccc(C(=O)Nc2cccc(O)c2C)c1F. The second-order valence-electron chi connectivity index (χ2n) is 4.34. The van der Waals surface area contributed by atoms with Crippen LogP contribution in [0.3, 0.4) is 0 Å². The molecule has 98 valence electrons. The maximum Gasteiger partial charge on any atom is 0.258 e. The van der Waals surface area contributed by atoms with Crippen LogP contribution in [0.2, 0.25) is 0 Å². The Bertz CT molecular complexity index is 638. The number of phenols is 1. The monoisotopic (exact) mass is 259 g/mol. The van der Waals surface area contributed by atoms with Crippen molar-refractivity contribution in [1.29, 1.82) is 0 Å². The van der Waals surface area contributed by atoms with Crippen LogP contribution >= 0.6 is 0 Å². The van der Waals surface area contributed by atoms with E-state index >= 15 is 0 Å². The Hall–Kier alpha value is -2.36. The largest absolute Gasteiger partial charge is 0.508 e. The Kier molecular flexibility index (Phi) is 3.51. The van der Waals surface area contributed by atoms with E-state index in [1.165, 1.54) is 12.1 Å². The summed E-state index contributed by atoms with van der Waals surface area (Å²) in [7, 11) is 0. The van der Waals surface area contributed by atoms with Crippen molar-refractivity contribution in [2.24, 2.45) is 0 Å². The summed E-state index contributed by atoms with van der Waals surface area (Å²) < 4.78 is 13.8. The molecule has 2 aromatic rings. The molecule has 0 aliphatic rings. The number of phenolic OH excluding ortho intramolecular Hbond substituents is 1. The van der Waals surface area contributed by atoms with Gasteiger partial charge in [0.05, 0.1) is 5.56 Å². The van der Waals surface area contributed by atoms with Crippen molar-refractivity contribution >= 4 is 11.6 Å². The smallest absolute Gasteiger partial charge is 0.258 e. The molecular formula is C15H14FNO2. The van der Waals surface area contributed by atoms with Crippen LogP contribution in [0.15, 0.2) is 36.4 Å². The van der Waals surface area contributed by atoms with E-state index in [1.54, 1.807) is 38.1 Å². The van der Waals surface area contributed by atoms with E-state index in [4.69, 9.17) is 0 Å². The molecule has 0 bridgehead atoms. The number of hydrogen-bond acceptors (Lipinski definition) is 2. The molecule has 0 spiro atoms. The van der Waals surface area contributed by atoms with Gasteiger partial charge in [-0.2, -0.15) is 0 Å². The molecule has 3 nitrogen and oxygen atoms in total. The predicted molar refractivity (Wildman–Crippen MR) is 71.9 cm³/mol. The number of amides is 1. The zero-order chi connectivity index (χ0) is 14.0. The van der Waals surface area contributed by atoms with Gasteiger partial charge in [0.1, 0.15) is 11.6 Å². The molecule has 0 atom stereocenters. The van der Waals surface area contributed by atoms with Gasteiger partial charge in [-0.25, -0.2) is 4.39 Å². The highest BCUT2D eigenvalue weighted by atomic mass is 19.1. The molecule has 1 amide bonds. The minimum atomic E-state index is -0.532. The molecule has 0 heterocycles. The first-order valence-electron chi connectivity index (χ1n) is 5.85. The van der Waals surface area contributed by atoms with Gasteiger partial charge in [0.15, 0.2) is 0 Å². The van der Waals surface area contributed by atoms with E-state index < -0.39 is 11.7 Å². The quantitative estimate of drug-likeness (QED) is 0.868. The van der Waals surface area contributed by atoms with E-state index in [-0.39, 0.29) is 11.3 Å². The number of anilines is 1. The molecule has 0 saturated heterocycles. The zero-order valence-corrected chi connectivity index (χ0v) is 10.7. The molecule has 0 fully saturated rings. The van der Waals surface area contributed by atoms with Gasteiger partial charge in [-0.05, 0) is 37.6 Å². The van der Waals surface area contributed by atoms with Crippen LogP contribution in [-0.4, -0.2) is 11.0 Å². The number of rotatable bonds is 2. The average molecular weight is 259 g/mol. The summed E-state index contributed by atoms with van der Waals surface area (Å²) in [4.78, 5) is 12.0. The summed E-state index contributed by atoms with van der Waals surface area (Å²) in [6.07, 6.45) is 0. The summed E-state index contributed by atoms with van der Waals surface area (Å²) in [6, 6.07) is 9.45. The van der Waals surface area contributed by atoms with Crippen molar-refractivity contribution < 1.29 is 14.3 Å². The van der Waals surface area contributed by atoms with Crippen molar-refractivity contribution in [3.63, 3.8) is 0 Å². The molecule has 19 heavy (non-hydrogen) atoms. The number of halogens is 1. The Morgan fingerprint density at radius 3 is 2.58 bits per heavy atom. The highest BCUT2D eigenvalue weighted by Gasteiger charge is 2.14. The van der Waals surface area contributed by atoms with E-state index in [0.29, 0.717) is 16.8 Å². The second kappa shape index (κ2) is 5.10. The second-order valence-corrected chi connectivity index (χ2v) is 4.34. The van der Waals surface area contributed by atoms with Crippen LogP contribution < -0.4 is 5.32 Å². The minimum absolute atomic E-state index is 0.0113. The van der Waals surface area contributed by atoms with Crippen LogP contribution in [0.25, 0.3) is 0 Å². The molecule has 0 aliphatic carbocycles. The van der Waals surface area contributed by atoms with Crippen LogP contribution in [0, 0.1) is 19.7 Å². The van der Waals surface area contributed by atoms with Crippen LogP contribution in [0.5, 0.6) is 5.75 Å². The third-order valence-electron chi connectivity index (χ3n) is 2.99. The lowest BCUT2D eigenvalue weighted by molar-refractivity contribution is 0.102. The van der Waals surface area contributed by atoms with Crippen LogP contribution in [0.4, 0.5) is 10.1 Å². The molecule has 2 N–H and O–H groups in total. The van der Waals surface area contributed by atoms with E-state index in [2.05, 4.69) is 5.32 Å². The lowest BCUT2D eigenvalue weighted by Gasteiger charge is -2.10. The highest BCUT2D eigenvalue weighted by Crippen LogP contribution is 2.24. The molecule has 4 heteroatoms. The number of nitrogens with one attached hydrogen (secondary N) is 1. The van der Waals surface area contributed by atoms with Crippen molar-refractivity contribution in [3.8, 4) is 5.75 Å². The Labute approximate surface area is 110 Å². The molecule has 0 saturated carbocycles. The normalized spacial score (nSPS) is 10.3. The van der Waals surface area contributed by atoms with Gasteiger partial charge in [0.25, 0.3) is 5.91 Å². The van der Waals surface area contributed by atoms with Gasteiger partial charge >= 0.3 is 0 Å². The Morgan fingerprint density at radius 1 is 1.16 bits per heavy atom. The highest BCUT2D eigenvalue weighted by molar-refractivity contribution is 6.05. The summed E-state index contributed by atoms with van der Waals surface area (Å²) in [6.45, 7) is 3.28. The van der Waals surface area contributed by atoms with Crippen LogP contribution in [0.1, 0.15) is 21.5 Å². The van der Waals surface area contributed by atoms with Crippen molar-refractivity contribution in [2.45, 2.75) is 13.8 Å². The van der Waals surface area contributed by atoms with Crippen molar-refractivity contribution in [3.05, 3.63) is 58.9 Å². The summed E-state index contributed by atoms with van der Waals surface area (Å²) in [5.74, 6) is -0.977. The van der Waals surface area contributed by atoms with Gasteiger partial charge in [0.2, 0.25) is 0 Å². The van der Waals surface area contributed by atoms with E-state index in [9.17, 15) is 14.3 Å². The summed E-state index contributed by atoms with van der Waals surface area (Å²) in [5, 5.41) is 12.2. The maximum atomic E-state index is 13.8. The molecule has 0 radical (unpaired) electrons. The molecule has 0 unspecified atom stereocenters. The van der Waals surface area contributed by atoms with Crippen molar-refractivity contribution in [1.82, 2.24) is 0 Å². The average Bonchev–Trinajstić information content (AvgIpc) is 2.38. The predicted octanol–water partition coefficient (Wildman–Crippen LogP) is 3.40. The number of carbonyl (C=O) groups is 1. The van der Waals surface area contributed by atoms with E-state index in [1.807, 2.05) is 0 Å². The first-order valence-corrected chi connectivity index (χ1v) is 5.85. The molecule has 2 aromatic carbocycles. The molecule has 0 aliphatic heterocycles. The van der Waals surface area contributed by atoms with Gasteiger partial charge in [0, 0.05) is 11.3 Å². The number of benzene rings is 2. The summed E-state index contributed by atoms with van der Waals surface area (Å²) >= 11 is 0. The minimum Gasteiger partial charge on any atom is -0.508 e. The lowest BCUT2D eigenvalue weighted by Crippen LogP contribution is -2.15. The number of aryl methyl sites for hydroxylation is 1. The van der Waals surface area contributed by atoms with Crippen molar-refractivity contribution in [2.75, 3.05) is 5.32 Å². The fraction of sp³-hybridized carbons (Fsp3) is 0.133. The Morgan fingerprint density at radius 2 is 1.84 bits per heavy atom. The standard InChI is InChI=1S/C15H14FNO2/c1-9-5-3-6-11(14(9)16)15(19)17-12-7-4-8-13(18)10(12)2/h3-8,18H,1-2H3,(H,17,19). The Balaban J connectivity index is 2.31. The number of aromatic hydroxyl groups is 1.